The molecular formula is C30H40N2O7. The van der Waals surface area contributed by atoms with Crippen molar-refractivity contribution in [2.45, 2.75) is 100 Å². The van der Waals surface area contributed by atoms with Crippen LogP contribution in [0.25, 0.3) is 0 Å². The number of hydrogen-bond acceptors (Lipinski definition) is 8. The molecule has 2 saturated carbocycles. The molecule has 6 aliphatic rings. The number of aromatic hydroxyl groups is 1. The van der Waals surface area contributed by atoms with Gasteiger partial charge in [0.25, 0.3) is 5.91 Å². The van der Waals surface area contributed by atoms with Crippen LogP contribution in [-0.4, -0.2) is 75.6 Å². The minimum absolute atomic E-state index is 0. The van der Waals surface area contributed by atoms with E-state index in [2.05, 4.69) is 10.2 Å². The van der Waals surface area contributed by atoms with Crippen molar-refractivity contribution in [1.29, 1.82) is 0 Å². The minimum Gasteiger partial charge on any atom is -0.508 e. The van der Waals surface area contributed by atoms with Crippen LogP contribution in [0.2, 0.25) is 0 Å². The molecule has 4 aliphatic carbocycles. The number of piperidine rings is 1. The van der Waals surface area contributed by atoms with E-state index in [0.29, 0.717) is 37.4 Å². The standard InChI is InChI=1S/C29H36N2O7.CH4/c1-37-26(35)27(9-3-2-4-10-27)30-25(34)18-14-29(36)20-13-17-7-8-19(32)23-21(17)28(29,24(38-23)22(18)33)11-12-31(20)15-16-5-6-16;/h7-8,16,20,24,32-33,36H,2-6,9-15H2,1H3,(H,30,34);1H4/t20-,24+,28+,29-;/m1./s1. The van der Waals surface area contributed by atoms with E-state index < -0.39 is 34.5 Å². The Balaban J connectivity index is 0.00000277. The maximum atomic E-state index is 13.9. The average Bonchev–Trinajstić information content (AvgIpc) is 3.65. The number of hydrogen-bond donors (Lipinski definition) is 4. The van der Waals surface area contributed by atoms with Gasteiger partial charge in [-0.1, -0.05) is 32.8 Å². The van der Waals surface area contributed by atoms with Crippen molar-refractivity contribution in [2.75, 3.05) is 20.2 Å². The van der Waals surface area contributed by atoms with Crippen molar-refractivity contribution < 1.29 is 34.4 Å². The lowest BCUT2D eigenvalue weighted by Crippen LogP contribution is -2.76. The first kappa shape index (κ1) is 26.4. The number of methoxy groups -OCH3 is 1. The van der Waals surface area contributed by atoms with Crippen LogP contribution in [0.3, 0.4) is 0 Å². The predicted molar refractivity (Wildman–Crippen MR) is 143 cm³/mol. The van der Waals surface area contributed by atoms with E-state index in [0.717, 1.165) is 43.5 Å². The Morgan fingerprint density at radius 2 is 1.90 bits per heavy atom. The number of aliphatic hydroxyl groups is 2. The van der Waals surface area contributed by atoms with Gasteiger partial charge in [0.15, 0.2) is 17.6 Å². The van der Waals surface area contributed by atoms with Gasteiger partial charge in [0, 0.05) is 24.6 Å². The molecule has 2 aliphatic heterocycles. The summed E-state index contributed by atoms with van der Waals surface area (Å²) in [5, 5.41) is 38.0. The number of phenolic OH excluding ortho intramolecular Hbond substituents is 1. The van der Waals surface area contributed by atoms with Crippen LogP contribution in [0.1, 0.15) is 76.3 Å². The maximum absolute atomic E-state index is 13.9. The number of ether oxygens (including phenoxy) is 2. The van der Waals surface area contributed by atoms with E-state index >= 15 is 0 Å². The smallest absolute Gasteiger partial charge is 0.331 e. The quantitative estimate of drug-likeness (QED) is 0.420. The van der Waals surface area contributed by atoms with Gasteiger partial charge in [0.2, 0.25) is 0 Å². The first-order valence-corrected chi connectivity index (χ1v) is 14.1. The fourth-order valence-corrected chi connectivity index (χ4v) is 8.39. The molecule has 0 aromatic heterocycles. The number of likely N-dealkylation sites (tertiary alicyclic amines) is 1. The van der Waals surface area contributed by atoms with Crippen molar-refractivity contribution in [3.8, 4) is 11.5 Å². The molecule has 1 spiro atoms. The topological polar surface area (TPSA) is 129 Å². The summed E-state index contributed by atoms with van der Waals surface area (Å²) in [7, 11) is 1.32. The second-order valence-corrected chi connectivity index (χ2v) is 12.4. The third-order valence-corrected chi connectivity index (χ3v) is 10.4. The molecule has 9 heteroatoms. The summed E-state index contributed by atoms with van der Waals surface area (Å²) in [5.74, 6) is -0.381. The number of nitrogens with zero attached hydrogens (tertiary/aromatic N) is 1. The Morgan fingerprint density at radius 1 is 1.15 bits per heavy atom. The molecule has 2 heterocycles. The number of carbonyl (C=O) groups is 2. The second-order valence-electron chi connectivity index (χ2n) is 12.4. The number of carbonyl (C=O) groups excluding carboxylic acids is 2. The summed E-state index contributed by atoms with van der Waals surface area (Å²) in [6.07, 6.45) is 5.94. The molecule has 4 N–H and O–H groups in total. The monoisotopic (exact) mass is 540 g/mol. The fourth-order valence-electron chi connectivity index (χ4n) is 8.39. The first-order chi connectivity index (χ1) is 18.2. The van der Waals surface area contributed by atoms with Crippen LogP contribution in [0, 0.1) is 5.92 Å². The minimum atomic E-state index is -1.39. The summed E-state index contributed by atoms with van der Waals surface area (Å²) in [4.78, 5) is 29.1. The van der Waals surface area contributed by atoms with E-state index in [-0.39, 0.29) is 37.0 Å². The van der Waals surface area contributed by atoms with Gasteiger partial charge < -0.3 is 30.1 Å². The Labute approximate surface area is 229 Å². The Hall–Kier alpha value is -2.78. The molecular weight excluding hydrogens is 500 g/mol. The van der Waals surface area contributed by atoms with Crippen molar-refractivity contribution in [1.82, 2.24) is 10.2 Å². The molecule has 1 aromatic carbocycles. The van der Waals surface area contributed by atoms with Gasteiger partial charge in [-0.25, -0.2) is 4.79 Å². The molecule has 212 valence electrons. The molecule has 7 rings (SSSR count). The Bertz CT molecular complexity index is 1250. The molecule has 9 nitrogen and oxygen atoms in total. The molecule has 39 heavy (non-hydrogen) atoms. The molecule has 1 saturated heterocycles. The van der Waals surface area contributed by atoms with Crippen molar-refractivity contribution in [2.24, 2.45) is 5.92 Å². The van der Waals surface area contributed by atoms with E-state index in [1.807, 2.05) is 6.07 Å². The molecule has 0 radical (unpaired) electrons. The average molecular weight is 541 g/mol. The summed E-state index contributed by atoms with van der Waals surface area (Å²) in [5.41, 5.74) is -1.66. The molecule has 2 bridgehead atoms. The van der Waals surface area contributed by atoms with Gasteiger partial charge in [-0.2, -0.15) is 0 Å². The SMILES string of the molecule is C.COC(=O)C1(NC(=O)C2=C(O)[C@@H]3Oc4c(O)ccc5c4[C@@]34CCN(CC3CC3)[C@H](C5)[C@]4(O)C2)CCCCC1. The highest BCUT2D eigenvalue weighted by molar-refractivity contribution is 5.99. The summed E-state index contributed by atoms with van der Waals surface area (Å²) < 4.78 is 11.4. The third-order valence-electron chi connectivity index (χ3n) is 10.4. The Morgan fingerprint density at radius 3 is 2.59 bits per heavy atom. The normalized spacial score (nSPS) is 33.9. The van der Waals surface area contributed by atoms with Crippen molar-refractivity contribution in [3.05, 3.63) is 34.6 Å². The largest absolute Gasteiger partial charge is 0.508 e. The lowest BCUT2D eigenvalue weighted by molar-refractivity contribution is -0.173. The summed E-state index contributed by atoms with van der Waals surface area (Å²) in [6.45, 7) is 1.65. The van der Waals surface area contributed by atoms with E-state index in [1.165, 1.54) is 20.0 Å². The highest BCUT2D eigenvalue weighted by Crippen LogP contribution is 2.66. The predicted octanol–water partition coefficient (Wildman–Crippen LogP) is 3.01. The highest BCUT2D eigenvalue weighted by atomic mass is 16.5. The van der Waals surface area contributed by atoms with E-state index in [4.69, 9.17) is 9.47 Å². The van der Waals surface area contributed by atoms with Crippen molar-refractivity contribution in [3.63, 3.8) is 0 Å². The number of nitrogens with one attached hydrogen (secondary N) is 1. The van der Waals surface area contributed by atoms with Gasteiger partial charge in [-0.3, -0.25) is 9.69 Å². The van der Waals surface area contributed by atoms with Crippen LogP contribution in [0.15, 0.2) is 23.5 Å². The molecule has 4 atom stereocenters. The zero-order valence-corrected chi connectivity index (χ0v) is 21.8. The highest BCUT2D eigenvalue weighted by Gasteiger charge is 2.73. The zero-order chi connectivity index (χ0) is 26.4. The number of rotatable bonds is 5. The van der Waals surface area contributed by atoms with Crippen LogP contribution < -0.4 is 10.1 Å². The number of amides is 1. The van der Waals surface area contributed by atoms with E-state index in [9.17, 15) is 24.9 Å². The molecule has 0 unspecified atom stereocenters. The molecule has 1 aromatic rings. The first-order valence-electron chi connectivity index (χ1n) is 14.1. The van der Waals surface area contributed by atoms with Gasteiger partial charge in [-0.05, 0) is 62.6 Å². The third kappa shape index (κ3) is 3.44. The van der Waals surface area contributed by atoms with Crippen molar-refractivity contribution >= 4 is 11.9 Å². The Kier molecular flexibility index (Phi) is 6.01. The summed E-state index contributed by atoms with van der Waals surface area (Å²) in [6, 6.07) is 3.26. The van der Waals surface area contributed by atoms with Crippen LogP contribution in [-0.2, 0) is 26.2 Å². The van der Waals surface area contributed by atoms with Gasteiger partial charge in [0.05, 0.1) is 23.7 Å². The van der Waals surface area contributed by atoms with E-state index in [1.54, 1.807) is 6.07 Å². The number of aliphatic hydroxyl groups excluding tert-OH is 1. The van der Waals surface area contributed by atoms with Gasteiger partial charge in [-0.15, -0.1) is 0 Å². The second kappa shape index (κ2) is 8.86. The lowest BCUT2D eigenvalue weighted by Gasteiger charge is -2.62. The lowest BCUT2D eigenvalue weighted by atomic mass is 9.49. The maximum Gasteiger partial charge on any atom is 0.331 e. The van der Waals surface area contributed by atoms with Crippen LogP contribution in [0.4, 0.5) is 0 Å². The van der Waals surface area contributed by atoms with Gasteiger partial charge >= 0.3 is 5.97 Å². The van der Waals surface area contributed by atoms with Crippen LogP contribution in [0.5, 0.6) is 11.5 Å². The summed E-state index contributed by atoms with van der Waals surface area (Å²) >= 11 is 0. The number of phenols is 1. The fraction of sp³-hybridized carbons (Fsp3) is 0.667. The molecule has 1 amide bonds. The molecule has 3 fully saturated rings. The van der Waals surface area contributed by atoms with Crippen LogP contribution >= 0.6 is 0 Å². The number of esters is 1. The zero-order valence-electron chi connectivity index (χ0n) is 21.8. The van der Waals surface area contributed by atoms with Gasteiger partial charge in [0.1, 0.15) is 11.3 Å². The number of benzene rings is 1.